The minimum atomic E-state index is 0. The molecule has 2 N–H and O–H groups in total. The van der Waals surface area contributed by atoms with Gasteiger partial charge in [-0.1, -0.05) is 24.3 Å². The van der Waals surface area contributed by atoms with Crippen molar-refractivity contribution in [2.75, 3.05) is 40.0 Å². The van der Waals surface area contributed by atoms with Gasteiger partial charge in [0, 0.05) is 40.0 Å². The number of benzene rings is 1. The summed E-state index contributed by atoms with van der Waals surface area (Å²) in [4.78, 5) is 4.26. The molecule has 1 fully saturated rings. The second-order valence-electron chi connectivity index (χ2n) is 6.37. The zero-order chi connectivity index (χ0) is 18.5. The molecule has 7 heteroatoms. The van der Waals surface area contributed by atoms with Crippen LogP contribution in [0.25, 0.3) is 0 Å². The topological polar surface area (TPSA) is 64.1 Å². The van der Waals surface area contributed by atoms with E-state index in [0.717, 1.165) is 58.1 Å². The molecule has 0 aromatic heterocycles. The van der Waals surface area contributed by atoms with E-state index in [1.54, 1.807) is 7.05 Å². The van der Waals surface area contributed by atoms with Gasteiger partial charge in [0.05, 0.1) is 19.3 Å². The van der Waals surface area contributed by atoms with Crippen LogP contribution >= 0.6 is 24.0 Å². The van der Waals surface area contributed by atoms with Crippen LogP contribution < -0.4 is 10.6 Å². The summed E-state index contributed by atoms with van der Waals surface area (Å²) in [6.45, 7) is 7.33. The number of aliphatic imine (C=N–C) groups is 1. The number of rotatable bonds is 11. The van der Waals surface area contributed by atoms with Gasteiger partial charge in [-0.3, -0.25) is 4.99 Å². The monoisotopic (exact) mass is 491 g/mol. The number of hydrogen-bond acceptors (Lipinski definition) is 4. The Morgan fingerprint density at radius 2 is 1.96 bits per heavy atom. The first kappa shape index (κ1) is 24.1. The molecular weight excluding hydrogens is 457 g/mol. The lowest BCUT2D eigenvalue weighted by atomic mass is 10.1. The summed E-state index contributed by atoms with van der Waals surface area (Å²) in [6.07, 6.45) is 3.53. The summed E-state index contributed by atoms with van der Waals surface area (Å²) in [5.74, 6) is 0.808. The van der Waals surface area contributed by atoms with E-state index in [9.17, 15) is 0 Å². The third-order valence-electron chi connectivity index (χ3n) is 4.27. The molecule has 0 spiro atoms. The molecule has 1 saturated heterocycles. The molecule has 0 bridgehead atoms. The fraction of sp³-hybridized carbons (Fsp3) is 0.650. The van der Waals surface area contributed by atoms with Crippen molar-refractivity contribution in [2.24, 2.45) is 4.99 Å². The van der Waals surface area contributed by atoms with Crippen LogP contribution in [0.5, 0.6) is 0 Å². The second-order valence-corrected chi connectivity index (χ2v) is 6.37. The average molecular weight is 491 g/mol. The van der Waals surface area contributed by atoms with Crippen LogP contribution in [0.2, 0.25) is 0 Å². The van der Waals surface area contributed by atoms with Crippen molar-refractivity contribution in [3.8, 4) is 0 Å². The molecule has 1 heterocycles. The summed E-state index contributed by atoms with van der Waals surface area (Å²) in [5, 5.41) is 6.65. The third-order valence-corrected chi connectivity index (χ3v) is 4.27. The van der Waals surface area contributed by atoms with Gasteiger partial charge in [0.15, 0.2) is 5.96 Å². The minimum Gasteiger partial charge on any atom is -0.379 e. The van der Waals surface area contributed by atoms with Crippen molar-refractivity contribution in [3.05, 3.63) is 35.4 Å². The molecule has 1 aliphatic rings. The van der Waals surface area contributed by atoms with Crippen molar-refractivity contribution >= 4 is 29.9 Å². The van der Waals surface area contributed by atoms with Gasteiger partial charge in [-0.05, 0) is 37.3 Å². The van der Waals surface area contributed by atoms with Crippen molar-refractivity contribution < 1.29 is 14.2 Å². The highest BCUT2D eigenvalue weighted by molar-refractivity contribution is 14.0. The molecule has 1 aromatic carbocycles. The smallest absolute Gasteiger partial charge is 0.191 e. The van der Waals surface area contributed by atoms with Crippen LogP contribution in [0.1, 0.15) is 37.3 Å². The van der Waals surface area contributed by atoms with Gasteiger partial charge in [-0.25, -0.2) is 0 Å². The van der Waals surface area contributed by atoms with E-state index >= 15 is 0 Å². The maximum Gasteiger partial charge on any atom is 0.191 e. The van der Waals surface area contributed by atoms with Gasteiger partial charge < -0.3 is 24.8 Å². The van der Waals surface area contributed by atoms with E-state index in [-0.39, 0.29) is 24.0 Å². The van der Waals surface area contributed by atoms with Crippen molar-refractivity contribution in [2.45, 2.75) is 45.4 Å². The molecule has 0 radical (unpaired) electrons. The standard InChI is InChI=1S/C20H33N3O3.HI/c1-3-24-15-18-9-7-17(8-10-18)14-23-20(21-2)22-11-5-12-25-16-19-6-4-13-26-19;/h7-10,19H,3-6,11-16H2,1-2H3,(H2,21,22,23);1H. The fourth-order valence-electron chi connectivity index (χ4n) is 2.75. The SMILES string of the molecule is CCOCc1ccc(CNC(=NC)NCCCOCC2CCCO2)cc1.I. The van der Waals surface area contributed by atoms with Crippen LogP contribution in [0.4, 0.5) is 0 Å². The van der Waals surface area contributed by atoms with E-state index in [2.05, 4.69) is 39.9 Å². The molecule has 27 heavy (non-hydrogen) atoms. The van der Waals surface area contributed by atoms with E-state index in [0.29, 0.717) is 19.3 Å². The molecule has 154 valence electrons. The summed E-state index contributed by atoms with van der Waals surface area (Å²) >= 11 is 0. The van der Waals surface area contributed by atoms with E-state index in [4.69, 9.17) is 14.2 Å². The number of ether oxygens (including phenoxy) is 3. The van der Waals surface area contributed by atoms with E-state index < -0.39 is 0 Å². The molecule has 1 unspecified atom stereocenters. The average Bonchev–Trinajstić information content (AvgIpc) is 3.19. The quantitative estimate of drug-likeness (QED) is 0.216. The van der Waals surface area contributed by atoms with Gasteiger partial charge in [0.2, 0.25) is 0 Å². The summed E-state index contributed by atoms with van der Waals surface area (Å²) in [5.41, 5.74) is 2.41. The maximum absolute atomic E-state index is 5.67. The Morgan fingerprint density at radius 3 is 2.63 bits per heavy atom. The van der Waals surface area contributed by atoms with E-state index in [1.165, 1.54) is 11.1 Å². The number of guanidine groups is 1. The van der Waals surface area contributed by atoms with Crippen LogP contribution in [0, 0.1) is 0 Å². The predicted octanol–water partition coefficient (Wildman–Crippen LogP) is 3.09. The Balaban J connectivity index is 0.00000364. The third kappa shape index (κ3) is 10.3. The van der Waals surface area contributed by atoms with Gasteiger partial charge in [0.25, 0.3) is 0 Å². The molecule has 1 atom stereocenters. The highest BCUT2D eigenvalue weighted by Crippen LogP contribution is 2.11. The summed E-state index contributed by atoms with van der Waals surface area (Å²) in [6, 6.07) is 8.45. The van der Waals surface area contributed by atoms with E-state index in [1.807, 2.05) is 6.92 Å². The maximum atomic E-state index is 5.67. The Bertz CT molecular complexity index is 520. The molecule has 0 saturated carbocycles. The largest absolute Gasteiger partial charge is 0.379 e. The highest BCUT2D eigenvalue weighted by Gasteiger charge is 2.14. The van der Waals surface area contributed by atoms with Crippen LogP contribution in [-0.2, 0) is 27.4 Å². The lowest BCUT2D eigenvalue weighted by Gasteiger charge is -2.13. The first-order valence-corrected chi connectivity index (χ1v) is 9.61. The summed E-state index contributed by atoms with van der Waals surface area (Å²) < 4.78 is 16.6. The molecule has 2 rings (SSSR count). The van der Waals surface area contributed by atoms with Crippen molar-refractivity contribution in [1.82, 2.24) is 10.6 Å². The fourth-order valence-corrected chi connectivity index (χ4v) is 2.75. The first-order valence-electron chi connectivity index (χ1n) is 9.61. The van der Waals surface area contributed by atoms with Crippen LogP contribution in [0.15, 0.2) is 29.3 Å². The zero-order valence-corrected chi connectivity index (χ0v) is 18.9. The molecule has 6 nitrogen and oxygen atoms in total. The summed E-state index contributed by atoms with van der Waals surface area (Å²) in [7, 11) is 1.79. The molecule has 1 aliphatic heterocycles. The molecule has 0 aliphatic carbocycles. The Labute approximate surface area is 180 Å². The molecular formula is C20H34IN3O3. The minimum absolute atomic E-state index is 0. The van der Waals surface area contributed by atoms with Gasteiger partial charge in [-0.2, -0.15) is 0 Å². The lowest BCUT2D eigenvalue weighted by Crippen LogP contribution is -2.37. The predicted molar refractivity (Wildman–Crippen MR) is 120 cm³/mol. The first-order chi connectivity index (χ1) is 12.8. The normalized spacial score (nSPS) is 16.8. The number of halogens is 1. The van der Waals surface area contributed by atoms with Gasteiger partial charge in [0.1, 0.15) is 0 Å². The van der Waals surface area contributed by atoms with Crippen LogP contribution in [-0.4, -0.2) is 52.1 Å². The number of hydrogen-bond donors (Lipinski definition) is 2. The Hall–Kier alpha value is -0.900. The lowest BCUT2D eigenvalue weighted by molar-refractivity contribution is 0.0168. The van der Waals surface area contributed by atoms with Crippen molar-refractivity contribution in [3.63, 3.8) is 0 Å². The molecule has 0 amide bonds. The number of nitrogens with zero attached hydrogens (tertiary/aromatic N) is 1. The highest BCUT2D eigenvalue weighted by atomic mass is 127. The van der Waals surface area contributed by atoms with Crippen molar-refractivity contribution in [1.29, 1.82) is 0 Å². The Kier molecular flexibility index (Phi) is 13.5. The van der Waals surface area contributed by atoms with Crippen LogP contribution in [0.3, 0.4) is 0 Å². The number of nitrogens with one attached hydrogen (secondary N) is 2. The van der Waals surface area contributed by atoms with Gasteiger partial charge in [-0.15, -0.1) is 24.0 Å². The zero-order valence-electron chi connectivity index (χ0n) is 16.5. The Morgan fingerprint density at radius 1 is 1.19 bits per heavy atom. The molecule has 1 aromatic rings. The second kappa shape index (κ2) is 15.1. The van der Waals surface area contributed by atoms with Gasteiger partial charge >= 0.3 is 0 Å².